The van der Waals surface area contributed by atoms with Gasteiger partial charge in [-0.15, -0.1) is 0 Å². The van der Waals surface area contributed by atoms with Gasteiger partial charge in [-0.1, -0.05) is 71.1 Å². The highest BCUT2D eigenvalue weighted by Gasteiger charge is 2.03. The zero-order chi connectivity index (χ0) is 13.6. The van der Waals surface area contributed by atoms with Crippen LogP contribution in [-0.4, -0.2) is 10.8 Å². The van der Waals surface area contributed by atoms with Crippen LogP contribution in [0.25, 0.3) is 0 Å². The third-order valence-electron chi connectivity index (χ3n) is 3.28. The second-order valence-electron chi connectivity index (χ2n) is 5.09. The highest BCUT2D eigenvalue weighted by molar-refractivity contribution is 5.76. The lowest BCUT2D eigenvalue weighted by molar-refractivity contribution is -0.127. The fourth-order valence-electron chi connectivity index (χ4n) is 2.07. The second-order valence-corrected chi connectivity index (χ2v) is 5.09. The second kappa shape index (κ2) is 12.9. The van der Waals surface area contributed by atoms with Crippen LogP contribution in [0.5, 0.6) is 0 Å². The SMILES string of the molecule is [CH]N([CH])C(=O)CCCCCCCCCCCCC. The van der Waals surface area contributed by atoms with Crippen LogP contribution in [0.1, 0.15) is 84.0 Å². The molecule has 0 bridgehead atoms. The highest BCUT2D eigenvalue weighted by Crippen LogP contribution is 2.12. The first-order valence-electron chi connectivity index (χ1n) is 7.50. The Balaban J connectivity index is 3.05. The van der Waals surface area contributed by atoms with E-state index >= 15 is 0 Å². The van der Waals surface area contributed by atoms with Gasteiger partial charge in [0, 0.05) is 6.42 Å². The number of carbonyl (C=O) groups is 1. The molecule has 0 spiro atoms. The molecule has 2 heteroatoms. The van der Waals surface area contributed by atoms with Gasteiger partial charge in [0.05, 0.1) is 14.1 Å². The molecule has 0 rings (SSSR count). The largest absolute Gasteiger partial charge is 0.328 e. The zero-order valence-corrected chi connectivity index (χ0v) is 12.0. The molecule has 0 saturated heterocycles. The van der Waals surface area contributed by atoms with Crippen molar-refractivity contribution in [1.29, 1.82) is 0 Å². The Morgan fingerprint density at radius 2 is 1.17 bits per heavy atom. The van der Waals surface area contributed by atoms with Crippen molar-refractivity contribution in [1.82, 2.24) is 4.90 Å². The van der Waals surface area contributed by atoms with E-state index < -0.39 is 0 Å². The molecule has 0 fully saturated rings. The summed E-state index contributed by atoms with van der Waals surface area (Å²) in [5.74, 6) is -0.175. The van der Waals surface area contributed by atoms with E-state index in [1.807, 2.05) is 0 Å². The first-order chi connectivity index (χ1) is 8.68. The molecule has 0 saturated carbocycles. The van der Waals surface area contributed by atoms with Crippen molar-refractivity contribution in [3.05, 3.63) is 14.1 Å². The molecular formula is C16H29NO. The van der Waals surface area contributed by atoms with E-state index in [1.165, 1.54) is 57.8 Å². The fraction of sp³-hybridized carbons (Fsp3) is 0.812. The molecular weight excluding hydrogens is 222 g/mol. The smallest absolute Gasteiger partial charge is 0.223 e. The standard InChI is InChI=1S/C16H29NO/c1-4-5-6-7-8-9-10-11-12-13-14-15-16(18)17(2)3/h2-3H,4-15H2,1H3. The van der Waals surface area contributed by atoms with Gasteiger partial charge in [0.15, 0.2) is 0 Å². The van der Waals surface area contributed by atoms with Crippen molar-refractivity contribution in [2.24, 2.45) is 0 Å². The van der Waals surface area contributed by atoms with Crippen molar-refractivity contribution < 1.29 is 4.79 Å². The van der Waals surface area contributed by atoms with E-state index in [9.17, 15) is 4.79 Å². The van der Waals surface area contributed by atoms with E-state index in [4.69, 9.17) is 14.1 Å². The van der Waals surface area contributed by atoms with Crippen molar-refractivity contribution in [3.63, 3.8) is 0 Å². The van der Waals surface area contributed by atoms with Crippen molar-refractivity contribution >= 4 is 5.91 Å². The molecule has 0 heterocycles. The van der Waals surface area contributed by atoms with Crippen molar-refractivity contribution in [2.75, 3.05) is 0 Å². The summed E-state index contributed by atoms with van der Waals surface area (Å²) in [6.07, 6.45) is 14.6. The summed E-state index contributed by atoms with van der Waals surface area (Å²) in [5, 5.41) is 0. The van der Waals surface area contributed by atoms with Gasteiger partial charge in [-0.3, -0.25) is 4.79 Å². The summed E-state index contributed by atoms with van der Waals surface area (Å²) in [6, 6.07) is 0. The average Bonchev–Trinajstić information content (AvgIpc) is 2.35. The third kappa shape index (κ3) is 11.9. The molecule has 18 heavy (non-hydrogen) atoms. The fourth-order valence-corrected chi connectivity index (χ4v) is 2.07. The number of nitrogens with zero attached hydrogens (tertiary/aromatic N) is 1. The maximum atomic E-state index is 11.1. The van der Waals surface area contributed by atoms with E-state index in [1.54, 1.807) is 0 Å². The normalized spacial score (nSPS) is 10.6. The third-order valence-corrected chi connectivity index (χ3v) is 3.28. The molecule has 4 radical (unpaired) electrons. The van der Waals surface area contributed by atoms with Gasteiger partial charge in [-0.05, 0) is 6.42 Å². The molecule has 0 N–H and O–H groups in total. The Kier molecular flexibility index (Phi) is 12.5. The lowest BCUT2D eigenvalue weighted by Gasteiger charge is -2.07. The number of rotatable bonds is 12. The number of unbranched alkanes of at least 4 members (excludes halogenated alkanes) is 10. The van der Waals surface area contributed by atoms with E-state index in [2.05, 4.69) is 6.92 Å². The molecule has 104 valence electrons. The highest BCUT2D eigenvalue weighted by atomic mass is 16.2. The predicted molar refractivity (Wildman–Crippen MR) is 76.5 cm³/mol. The van der Waals surface area contributed by atoms with Crippen molar-refractivity contribution in [3.8, 4) is 0 Å². The summed E-state index contributed by atoms with van der Waals surface area (Å²) >= 11 is 0. The molecule has 0 aliphatic heterocycles. The van der Waals surface area contributed by atoms with Gasteiger partial charge in [0.2, 0.25) is 5.91 Å². The zero-order valence-electron chi connectivity index (χ0n) is 12.0. The van der Waals surface area contributed by atoms with Gasteiger partial charge in [0.25, 0.3) is 0 Å². The molecule has 0 aliphatic rings. The van der Waals surface area contributed by atoms with Gasteiger partial charge in [-0.2, -0.15) is 0 Å². The van der Waals surface area contributed by atoms with E-state index in [-0.39, 0.29) is 5.91 Å². The van der Waals surface area contributed by atoms with Crippen LogP contribution in [0.2, 0.25) is 0 Å². The van der Waals surface area contributed by atoms with Gasteiger partial charge in [0.1, 0.15) is 0 Å². The topological polar surface area (TPSA) is 20.3 Å². The number of hydrogen-bond donors (Lipinski definition) is 0. The average molecular weight is 251 g/mol. The van der Waals surface area contributed by atoms with Crippen LogP contribution in [0, 0.1) is 14.1 Å². The Morgan fingerprint density at radius 3 is 1.56 bits per heavy atom. The number of carbonyl (C=O) groups excluding carboxylic acids is 1. The molecule has 0 aromatic rings. The number of hydrogen-bond acceptors (Lipinski definition) is 1. The quantitative estimate of drug-likeness (QED) is 0.358. The molecule has 1 amide bonds. The van der Waals surface area contributed by atoms with Crippen LogP contribution in [0.3, 0.4) is 0 Å². The van der Waals surface area contributed by atoms with E-state index in [0.29, 0.717) is 11.3 Å². The molecule has 0 aromatic heterocycles. The first-order valence-corrected chi connectivity index (χ1v) is 7.50. The van der Waals surface area contributed by atoms with E-state index in [0.717, 1.165) is 12.8 Å². The lowest BCUT2D eigenvalue weighted by Crippen LogP contribution is -2.16. The molecule has 0 aliphatic carbocycles. The maximum absolute atomic E-state index is 11.1. The summed E-state index contributed by atoms with van der Waals surface area (Å²) in [7, 11) is 10.3. The van der Waals surface area contributed by atoms with Crippen LogP contribution in [-0.2, 0) is 4.79 Å². The lowest BCUT2D eigenvalue weighted by atomic mass is 10.1. The summed E-state index contributed by atoms with van der Waals surface area (Å²) in [6.45, 7) is 2.25. The van der Waals surface area contributed by atoms with Crippen LogP contribution < -0.4 is 0 Å². The van der Waals surface area contributed by atoms with Gasteiger partial charge >= 0.3 is 0 Å². The monoisotopic (exact) mass is 251 g/mol. The van der Waals surface area contributed by atoms with Crippen LogP contribution in [0.15, 0.2) is 0 Å². The van der Waals surface area contributed by atoms with Gasteiger partial charge < -0.3 is 4.90 Å². The minimum Gasteiger partial charge on any atom is -0.328 e. The van der Waals surface area contributed by atoms with Crippen molar-refractivity contribution in [2.45, 2.75) is 84.0 Å². The van der Waals surface area contributed by atoms with Crippen LogP contribution >= 0.6 is 0 Å². The Labute approximate surface area is 114 Å². The Hall–Kier alpha value is -0.530. The number of amides is 1. The minimum atomic E-state index is -0.175. The first kappa shape index (κ1) is 17.5. The Bertz CT molecular complexity index is 190. The summed E-state index contributed by atoms with van der Waals surface area (Å²) in [5.41, 5.74) is 0. The summed E-state index contributed by atoms with van der Waals surface area (Å²) in [4.78, 5) is 11.8. The molecule has 0 unspecified atom stereocenters. The van der Waals surface area contributed by atoms with Crippen LogP contribution in [0.4, 0.5) is 0 Å². The maximum Gasteiger partial charge on any atom is 0.223 e. The summed E-state index contributed by atoms with van der Waals surface area (Å²) < 4.78 is 0. The Morgan fingerprint density at radius 1 is 0.778 bits per heavy atom. The molecule has 0 aromatic carbocycles. The predicted octanol–water partition coefficient (Wildman–Crippen LogP) is 4.85. The van der Waals surface area contributed by atoms with Gasteiger partial charge in [-0.25, -0.2) is 0 Å². The minimum absolute atomic E-state index is 0.175. The molecule has 0 atom stereocenters. The molecule has 2 nitrogen and oxygen atoms in total.